The molecule has 0 unspecified atom stereocenters. The van der Waals surface area contributed by atoms with Crippen molar-refractivity contribution >= 4 is 17.1 Å². The van der Waals surface area contributed by atoms with Crippen LogP contribution in [0.25, 0.3) is 11.2 Å². The third kappa shape index (κ3) is 3.34. The second-order valence-electron chi connectivity index (χ2n) is 5.57. The first-order valence-corrected chi connectivity index (χ1v) is 7.90. The quantitative estimate of drug-likeness (QED) is 0.682. The first kappa shape index (κ1) is 17.8. The van der Waals surface area contributed by atoms with E-state index in [1.165, 1.54) is 16.3 Å². The van der Waals surface area contributed by atoms with E-state index in [1.807, 2.05) is 0 Å². The smallest absolute Gasteiger partial charge is 0.332 e. The maximum absolute atomic E-state index is 12.4. The van der Waals surface area contributed by atoms with E-state index in [0.29, 0.717) is 25.3 Å². The molecule has 24 heavy (non-hydrogen) atoms. The highest BCUT2D eigenvalue weighted by atomic mass is 16.7. The number of carboxylic acid groups (broad SMARTS) is 1. The van der Waals surface area contributed by atoms with Crippen molar-refractivity contribution in [2.75, 3.05) is 6.61 Å². The van der Waals surface area contributed by atoms with E-state index in [4.69, 9.17) is 9.94 Å². The number of rotatable bonds is 8. The highest BCUT2D eigenvalue weighted by molar-refractivity contribution is 5.70. The molecule has 0 spiro atoms. The maximum Gasteiger partial charge on any atom is 0.332 e. The average molecular weight is 338 g/mol. The van der Waals surface area contributed by atoms with E-state index in [2.05, 4.69) is 4.98 Å². The van der Waals surface area contributed by atoms with Gasteiger partial charge in [0.15, 0.2) is 11.2 Å². The summed E-state index contributed by atoms with van der Waals surface area (Å²) >= 11 is 0. The Bertz CT molecular complexity index is 861. The van der Waals surface area contributed by atoms with Crippen LogP contribution in [0, 0.1) is 0 Å². The molecular formula is C15H22N4O5. The van der Waals surface area contributed by atoms with Crippen molar-refractivity contribution in [2.45, 2.75) is 39.0 Å². The summed E-state index contributed by atoms with van der Waals surface area (Å²) < 4.78 is 3.74. The van der Waals surface area contributed by atoms with Crippen LogP contribution in [0.4, 0.5) is 0 Å². The zero-order valence-corrected chi connectivity index (χ0v) is 14.1. The van der Waals surface area contributed by atoms with Gasteiger partial charge in [-0.1, -0.05) is 6.42 Å². The number of unbranched alkanes of at least 4 members (excludes halogenated alkanes) is 2. The standard InChI is InChI=1S/C15H22N4O5/c1-4-24-19-10(8-6-5-7-9-11(20)21)16-13-12(19)14(22)18(3)15(23)17(13)2/h4-9H2,1-3H3,(H,20,21). The molecule has 0 aliphatic carbocycles. The number of aryl methyl sites for hydroxylation is 2. The highest BCUT2D eigenvalue weighted by Gasteiger charge is 2.19. The Morgan fingerprint density at radius 2 is 1.88 bits per heavy atom. The van der Waals surface area contributed by atoms with Crippen molar-refractivity contribution in [1.29, 1.82) is 0 Å². The molecule has 9 heteroatoms. The van der Waals surface area contributed by atoms with Gasteiger partial charge < -0.3 is 9.94 Å². The van der Waals surface area contributed by atoms with Crippen molar-refractivity contribution in [3.05, 3.63) is 26.7 Å². The van der Waals surface area contributed by atoms with Gasteiger partial charge >= 0.3 is 11.7 Å². The summed E-state index contributed by atoms with van der Waals surface area (Å²) in [5.41, 5.74) is -0.369. The molecule has 0 radical (unpaired) electrons. The SMILES string of the molecule is CCOn1c(CCCCCC(=O)O)nc2c1c(=O)n(C)c(=O)n2C. The number of imidazole rings is 1. The molecular weight excluding hydrogens is 316 g/mol. The molecule has 2 rings (SSSR count). The van der Waals surface area contributed by atoms with Gasteiger partial charge in [-0.3, -0.25) is 18.7 Å². The number of fused-ring (bicyclic) bond motifs is 1. The number of aliphatic carboxylic acids is 1. The average Bonchev–Trinajstić information content (AvgIpc) is 2.89. The van der Waals surface area contributed by atoms with Crippen molar-refractivity contribution in [3.63, 3.8) is 0 Å². The Morgan fingerprint density at radius 1 is 1.17 bits per heavy atom. The Balaban J connectivity index is 2.36. The van der Waals surface area contributed by atoms with Crippen LogP contribution in [0.15, 0.2) is 9.59 Å². The monoisotopic (exact) mass is 338 g/mol. The van der Waals surface area contributed by atoms with Crippen LogP contribution < -0.4 is 16.1 Å². The summed E-state index contributed by atoms with van der Waals surface area (Å²) in [5, 5.41) is 8.65. The zero-order chi connectivity index (χ0) is 17.9. The van der Waals surface area contributed by atoms with Crippen molar-refractivity contribution in [3.8, 4) is 0 Å². The van der Waals surface area contributed by atoms with Gasteiger partial charge in [-0.05, 0) is 19.8 Å². The van der Waals surface area contributed by atoms with Crippen molar-refractivity contribution in [2.24, 2.45) is 14.1 Å². The van der Waals surface area contributed by atoms with Gasteiger partial charge in [0.1, 0.15) is 12.4 Å². The number of hydrogen-bond donors (Lipinski definition) is 1. The van der Waals surface area contributed by atoms with E-state index in [9.17, 15) is 14.4 Å². The van der Waals surface area contributed by atoms with Gasteiger partial charge in [0.2, 0.25) is 0 Å². The molecule has 0 fully saturated rings. The topological polar surface area (TPSA) is 108 Å². The highest BCUT2D eigenvalue weighted by Crippen LogP contribution is 2.13. The van der Waals surface area contributed by atoms with E-state index < -0.39 is 17.2 Å². The minimum atomic E-state index is -0.810. The molecule has 2 aromatic heterocycles. The Labute approximate surface area is 138 Å². The first-order chi connectivity index (χ1) is 11.4. The fraction of sp³-hybridized carbons (Fsp3) is 0.600. The number of carboxylic acids is 1. The minimum Gasteiger partial charge on any atom is -0.481 e. The molecule has 0 aliphatic heterocycles. The lowest BCUT2D eigenvalue weighted by Crippen LogP contribution is -2.38. The molecule has 1 N–H and O–H groups in total. The molecule has 0 saturated heterocycles. The molecule has 2 heterocycles. The van der Waals surface area contributed by atoms with Gasteiger partial charge in [-0.15, -0.1) is 0 Å². The van der Waals surface area contributed by atoms with Gasteiger partial charge in [0, 0.05) is 26.9 Å². The molecule has 0 aliphatic rings. The van der Waals surface area contributed by atoms with E-state index in [1.54, 1.807) is 14.0 Å². The predicted molar refractivity (Wildman–Crippen MR) is 87.1 cm³/mol. The van der Waals surface area contributed by atoms with Crippen LogP contribution in [0.5, 0.6) is 0 Å². The number of carbonyl (C=O) groups is 1. The lowest BCUT2D eigenvalue weighted by atomic mass is 10.1. The summed E-state index contributed by atoms with van der Waals surface area (Å²) in [4.78, 5) is 44.9. The van der Waals surface area contributed by atoms with Gasteiger partial charge in [-0.2, -0.15) is 4.73 Å². The van der Waals surface area contributed by atoms with E-state index in [0.717, 1.165) is 17.4 Å². The zero-order valence-electron chi connectivity index (χ0n) is 14.1. The van der Waals surface area contributed by atoms with Crippen molar-refractivity contribution < 1.29 is 14.7 Å². The van der Waals surface area contributed by atoms with Crippen LogP contribution in [-0.2, 0) is 25.3 Å². The maximum atomic E-state index is 12.4. The molecule has 2 aromatic rings. The molecule has 0 saturated carbocycles. The van der Waals surface area contributed by atoms with Crippen LogP contribution in [0.3, 0.4) is 0 Å². The van der Waals surface area contributed by atoms with Crippen LogP contribution in [-0.4, -0.2) is 36.5 Å². The Hall–Kier alpha value is -2.58. The molecule has 0 aromatic carbocycles. The lowest BCUT2D eigenvalue weighted by Gasteiger charge is -2.09. The lowest BCUT2D eigenvalue weighted by molar-refractivity contribution is -0.137. The molecule has 0 bridgehead atoms. The van der Waals surface area contributed by atoms with Crippen LogP contribution >= 0.6 is 0 Å². The van der Waals surface area contributed by atoms with Gasteiger partial charge in [-0.25, -0.2) is 9.78 Å². The fourth-order valence-corrected chi connectivity index (χ4v) is 2.58. The first-order valence-electron chi connectivity index (χ1n) is 7.90. The second-order valence-corrected chi connectivity index (χ2v) is 5.57. The summed E-state index contributed by atoms with van der Waals surface area (Å²) in [6.45, 7) is 2.15. The predicted octanol–water partition coefficient (Wildman–Crippen LogP) is 0.0697. The van der Waals surface area contributed by atoms with E-state index in [-0.39, 0.29) is 17.6 Å². The molecule has 0 amide bonds. The summed E-state index contributed by atoms with van der Waals surface area (Å²) in [6.07, 6.45) is 2.71. The number of aromatic nitrogens is 4. The Kier molecular flexibility index (Phi) is 5.42. The number of nitrogens with zero attached hydrogens (tertiary/aromatic N) is 4. The summed E-state index contributed by atoms with van der Waals surface area (Å²) in [5.74, 6) is -0.254. The van der Waals surface area contributed by atoms with Crippen LogP contribution in [0.1, 0.15) is 38.4 Å². The van der Waals surface area contributed by atoms with E-state index >= 15 is 0 Å². The fourth-order valence-electron chi connectivity index (χ4n) is 2.58. The third-order valence-corrected chi connectivity index (χ3v) is 3.83. The van der Waals surface area contributed by atoms with Gasteiger partial charge in [0.05, 0.1) is 0 Å². The number of hydrogen-bond acceptors (Lipinski definition) is 5. The minimum absolute atomic E-state index is 0.136. The second kappa shape index (κ2) is 7.33. The molecule has 9 nitrogen and oxygen atoms in total. The molecule has 132 valence electrons. The molecule has 0 atom stereocenters. The van der Waals surface area contributed by atoms with Gasteiger partial charge in [0.25, 0.3) is 5.56 Å². The summed E-state index contributed by atoms with van der Waals surface area (Å²) in [6, 6.07) is 0. The van der Waals surface area contributed by atoms with Crippen molar-refractivity contribution in [1.82, 2.24) is 18.8 Å². The summed E-state index contributed by atoms with van der Waals surface area (Å²) in [7, 11) is 2.98. The van der Waals surface area contributed by atoms with Crippen LogP contribution in [0.2, 0.25) is 0 Å². The third-order valence-electron chi connectivity index (χ3n) is 3.83. The largest absolute Gasteiger partial charge is 0.481 e. The normalized spacial score (nSPS) is 11.1. The Morgan fingerprint density at radius 3 is 2.50 bits per heavy atom.